The number of carboxylic acid groups (broad SMARTS) is 1. The molecule has 2 amide bonds. The Morgan fingerprint density at radius 1 is 1.33 bits per heavy atom. The Morgan fingerprint density at radius 2 is 2.12 bits per heavy atom. The van der Waals surface area contributed by atoms with Gasteiger partial charge in [-0.05, 0) is 37.5 Å². The number of amides is 2. The minimum atomic E-state index is -0.735. The molecule has 6 heteroatoms. The average molecular weight is 338 g/mol. The van der Waals surface area contributed by atoms with Crippen molar-refractivity contribution in [3.63, 3.8) is 0 Å². The predicted octanol–water partition coefficient (Wildman–Crippen LogP) is 2.33. The van der Waals surface area contributed by atoms with Crippen LogP contribution in [0.1, 0.15) is 46.0 Å². The minimum absolute atomic E-state index is 0.113. The molecule has 2 N–H and O–H groups in total. The van der Waals surface area contributed by atoms with E-state index in [9.17, 15) is 14.7 Å². The van der Waals surface area contributed by atoms with Gasteiger partial charge in [0, 0.05) is 32.2 Å². The van der Waals surface area contributed by atoms with E-state index in [1.54, 1.807) is 4.90 Å². The number of carbonyl (C=O) groups excluding carboxylic acids is 1. The van der Waals surface area contributed by atoms with E-state index in [-0.39, 0.29) is 18.1 Å². The molecule has 24 heavy (non-hydrogen) atoms. The number of urea groups is 1. The number of likely N-dealkylation sites (tertiary alicyclic amines) is 1. The first-order valence-electron chi connectivity index (χ1n) is 9.32. The van der Waals surface area contributed by atoms with E-state index in [0.29, 0.717) is 37.9 Å². The summed E-state index contributed by atoms with van der Waals surface area (Å²) in [6, 6.07) is -0.113. The van der Waals surface area contributed by atoms with Gasteiger partial charge in [0.15, 0.2) is 0 Å². The number of hydrogen-bond acceptors (Lipinski definition) is 3. The van der Waals surface area contributed by atoms with Crippen LogP contribution in [0.2, 0.25) is 0 Å². The van der Waals surface area contributed by atoms with Crippen LogP contribution in [0.3, 0.4) is 0 Å². The molecule has 0 radical (unpaired) electrons. The van der Waals surface area contributed by atoms with Crippen LogP contribution in [0.25, 0.3) is 0 Å². The van der Waals surface area contributed by atoms with E-state index >= 15 is 0 Å². The second-order valence-corrected chi connectivity index (χ2v) is 8.10. The van der Waals surface area contributed by atoms with Gasteiger partial charge >= 0.3 is 12.0 Å². The van der Waals surface area contributed by atoms with E-state index < -0.39 is 11.4 Å². The molecule has 2 unspecified atom stereocenters. The zero-order chi connectivity index (χ0) is 17.3. The van der Waals surface area contributed by atoms with Crippen LogP contribution in [0.5, 0.6) is 0 Å². The summed E-state index contributed by atoms with van der Waals surface area (Å²) >= 11 is 0. The number of nitrogens with one attached hydrogen (secondary N) is 1. The summed E-state index contributed by atoms with van der Waals surface area (Å²) in [5, 5.41) is 12.7. The van der Waals surface area contributed by atoms with Gasteiger partial charge in [-0.1, -0.05) is 20.3 Å². The van der Waals surface area contributed by atoms with Gasteiger partial charge in [0.2, 0.25) is 0 Å². The van der Waals surface area contributed by atoms with Crippen LogP contribution in [0.15, 0.2) is 0 Å². The second-order valence-electron chi connectivity index (χ2n) is 8.10. The molecular formula is C18H30N2O4. The zero-order valence-electron chi connectivity index (χ0n) is 14.8. The highest BCUT2D eigenvalue weighted by atomic mass is 16.5. The Morgan fingerprint density at radius 3 is 2.79 bits per heavy atom. The van der Waals surface area contributed by atoms with Crippen molar-refractivity contribution in [2.75, 3.05) is 26.2 Å². The molecule has 0 bridgehead atoms. The molecule has 3 aliphatic rings. The number of carbonyl (C=O) groups is 2. The summed E-state index contributed by atoms with van der Waals surface area (Å²) in [7, 11) is 0. The van der Waals surface area contributed by atoms with Crippen molar-refractivity contribution in [1.29, 1.82) is 0 Å². The predicted molar refractivity (Wildman–Crippen MR) is 89.7 cm³/mol. The molecule has 2 saturated heterocycles. The number of aliphatic carboxylic acids is 1. The van der Waals surface area contributed by atoms with E-state index in [1.807, 2.05) is 0 Å². The summed E-state index contributed by atoms with van der Waals surface area (Å²) in [5.74, 6) is 0.162. The average Bonchev–Trinajstić information content (AvgIpc) is 3.11. The highest BCUT2D eigenvalue weighted by Crippen LogP contribution is 2.48. The first-order valence-corrected chi connectivity index (χ1v) is 9.32. The van der Waals surface area contributed by atoms with Crippen LogP contribution in [0.4, 0.5) is 4.79 Å². The van der Waals surface area contributed by atoms with Crippen LogP contribution in [-0.4, -0.2) is 54.4 Å². The Bertz CT molecular complexity index is 495. The molecule has 1 aliphatic carbocycles. The van der Waals surface area contributed by atoms with Gasteiger partial charge in [-0.15, -0.1) is 0 Å². The number of carboxylic acids is 1. The molecule has 0 aromatic heterocycles. The zero-order valence-corrected chi connectivity index (χ0v) is 14.8. The Hall–Kier alpha value is -1.30. The van der Waals surface area contributed by atoms with Crippen molar-refractivity contribution in [1.82, 2.24) is 10.2 Å². The number of nitrogens with zero attached hydrogens (tertiary/aromatic N) is 1. The molecule has 0 aromatic carbocycles. The first kappa shape index (κ1) is 17.5. The summed E-state index contributed by atoms with van der Waals surface area (Å²) < 4.78 is 5.88. The fraction of sp³-hybridized carbons (Fsp3) is 0.889. The van der Waals surface area contributed by atoms with Crippen molar-refractivity contribution in [3.8, 4) is 0 Å². The van der Waals surface area contributed by atoms with E-state index in [2.05, 4.69) is 19.2 Å². The molecule has 3 fully saturated rings. The number of ether oxygens (including phenoxy) is 1. The maximum absolute atomic E-state index is 12.5. The Balaban J connectivity index is 1.55. The fourth-order valence-electron chi connectivity index (χ4n) is 4.94. The third-order valence-electron chi connectivity index (χ3n) is 6.25. The van der Waals surface area contributed by atoms with Crippen molar-refractivity contribution in [2.45, 2.75) is 52.1 Å². The Labute approximate surface area is 143 Å². The number of fused-ring (bicyclic) bond motifs is 1. The minimum Gasteiger partial charge on any atom is -0.481 e. The molecule has 0 aromatic rings. The quantitative estimate of drug-likeness (QED) is 0.824. The third-order valence-corrected chi connectivity index (χ3v) is 6.25. The highest BCUT2D eigenvalue weighted by Gasteiger charge is 2.55. The molecule has 2 heterocycles. The molecular weight excluding hydrogens is 308 g/mol. The third kappa shape index (κ3) is 3.13. The molecule has 4 atom stereocenters. The molecule has 3 rings (SSSR count). The van der Waals surface area contributed by atoms with Gasteiger partial charge in [0.1, 0.15) is 0 Å². The standard InChI is InChI=1S/C18H30N2O4/c1-12(2)15-13(5-4-8-24-15)9-19-17(23)20-10-14-6-3-7-18(14,11-20)16(21)22/h12-15H,3-11H2,1-2H3,(H,19,23)(H,21,22)/t13?,14-,15?,18+/m0/s1. The van der Waals surface area contributed by atoms with Crippen LogP contribution < -0.4 is 5.32 Å². The lowest BCUT2D eigenvalue weighted by atomic mass is 9.81. The fourth-order valence-corrected chi connectivity index (χ4v) is 4.94. The molecule has 1 saturated carbocycles. The SMILES string of the molecule is CC(C)C1OCCCC1CNC(=O)N1C[C@@H]2CCC[C@@]2(C(=O)O)C1. The summed E-state index contributed by atoms with van der Waals surface area (Å²) in [6.07, 6.45) is 4.89. The van der Waals surface area contributed by atoms with Gasteiger partial charge in [0.25, 0.3) is 0 Å². The smallest absolute Gasteiger partial charge is 0.317 e. The second kappa shape index (κ2) is 6.90. The Kier molecular flexibility index (Phi) is 5.04. The summed E-state index contributed by atoms with van der Waals surface area (Å²) in [4.78, 5) is 26.0. The topological polar surface area (TPSA) is 78.9 Å². The largest absolute Gasteiger partial charge is 0.481 e. The molecule has 6 nitrogen and oxygen atoms in total. The molecule has 136 valence electrons. The normalized spacial score (nSPS) is 36.0. The van der Waals surface area contributed by atoms with E-state index in [0.717, 1.165) is 32.3 Å². The summed E-state index contributed by atoms with van der Waals surface area (Å²) in [5.41, 5.74) is -0.703. The number of hydrogen-bond donors (Lipinski definition) is 2. The number of rotatable bonds is 4. The lowest BCUT2D eigenvalue weighted by Crippen LogP contribution is -2.46. The van der Waals surface area contributed by atoms with E-state index in [1.165, 1.54) is 0 Å². The van der Waals surface area contributed by atoms with Gasteiger partial charge in [0.05, 0.1) is 11.5 Å². The van der Waals surface area contributed by atoms with Gasteiger partial charge < -0.3 is 20.1 Å². The highest BCUT2D eigenvalue weighted by molar-refractivity contribution is 5.80. The van der Waals surface area contributed by atoms with Crippen LogP contribution >= 0.6 is 0 Å². The summed E-state index contributed by atoms with van der Waals surface area (Å²) in [6.45, 7) is 6.66. The first-order chi connectivity index (χ1) is 11.4. The monoisotopic (exact) mass is 338 g/mol. The van der Waals surface area contributed by atoms with Gasteiger partial charge in [-0.25, -0.2) is 4.79 Å². The van der Waals surface area contributed by atoms with Crippen molar-refractivity contribution >= 4 is 12.0 Å². The maximum atomic E-state index is 12.5. The van der Waals surface area contributed by atoms with Gasteiger partial charge in [-0.3, -0.25) is 4.79 Å². The van der Waals surface area contributed by atoms with Crippen LogP contribution in [-0.2, 0) is 9.53 Å². The molecule has 2 aliphatic heterocycles. The molecule has 0 spiro atoms. The van der Waals surface area contributed by atoms with Gasteiger partial charge in [-0.2, -0.15) is 0 Å². The van der Waals surface area contributed by atoms with Crippen LogP contribution in [0, 0.1) is 23.2 Å². The lowest BCUT2D eigenvalue weighted by Gasteiger charge is -2.35. The van der Waals surface area contributed by atoms with E-state index in [4.69, 9.17) is 4.74 Å². The van der Waals surface area contributed by atoms with Crippen molar-refractivity contribution < 1.29 is 19.4 Å². The van der Waals surface area contributed by atoms with Crippen molar-refractivity contribution in [3.05, 3.63) is 0 Å². The maximum Gasteiger partial charge on any atom is 0.317 e. The lowest BCUT2D eigenvalue weighted by molar-refractivity contribution is -0.149. The van der Waals surface area contributed by atoms with Crippen molar-refractivity contribution in [2.24, 2.45) is 23.2 Å².